The van der Waals surface area contributed by atoms with E-state index in [1.807, 2.05) is 27.7 Å². The second-order valence-corrected chi connectivity index (χ2v) is 17.5. The summed E-state index contributed by atoms with van der Waals surface area (Å²) in [5.41, 5.74) is -1.43. The van der Waals surface area contributed by atoms with Gasteiger partial charge >= 0.3 is 11.9 Å². The number of hydrogen-bond acceptors (Lipinski definition) is 8. The zero-order valence-electron chi connectivity index (χ0n) is 31.7. The van der Waals surface area contributed by atoms with Gasteiger partial charge in [-0.25, -0.2) is 0 Å². The minimum atomic E-state index is -0.833. The number of rotatable bonds is 9. The number of ether oxygens (including phenoxy) is 3. The number of carboxylic acids is 1. The van der Waals surface area contributed by atoms with Crippen molar-refractivity contribution < 1.29 is 43.9 Å². The van der Waals surface area contributed by atoms with Gasteiger partial charge in [-0.05, 0) is 151 Å². The van der Waals surface area contributed by atoms with E-state index in [4.69, 9.17) is 24.1 Å². The summed E-state index contributed by atoms with van der Waals surface area (Å²) >= 11 is 0. The largest absolute Gasteiger partial charge is 0.481 e. The van der Waals surface area contributed by atoms with E-state index in [1.54, 1.807) is 7.11 Å². The summed E-state index contributed by atoms with van der Waals surface area (Å²) in [6, 6.07) is 0. The lowest BCUT2D eigenvalue weighted by atomic mass is 9.70. The fraction of sp³-hybridized carbons (Fsp3) is 0.932. The Labute approximate surface area is 325 Å². The van der Waals surface area contributed by atoms with Gasteiger partial charge in [0.2, 0.25) is 0 Å². The monoisotopic (exact) mass is 757 g/mol. The van der Waals surface area contributed by atoms with Crippen LogP contribution >= 0.6 is 0 Å². The highest BCUT2D eigenvalue weighted by Gasteiger charge is 2.63. The van der Waals surface area contributed by atoms with E-state index in [-0.39, 0.29) is 54.4 Å². The van der Waals surface area contributed by atoms with Crippen molar-refractivity contribution in [2.45, 2.75) is 174 Å². The Morgan fingerprint density at radius 2 is 1.19 bits per heavy atom. The van der Waals surface area contributed by atoms with Gasteiger partial charge in [0.25, 0.3) is 5.97 Å². The lowest BCUT2D eigenvalue weighted by Gasteiger charge is -2.40. The van der Waals surface area contributed by atoms with Gasteiger partial charge in [-0.2, -0.15) is 0 Å². The molecule has 7 rings (SSSR count). The molecule has 0 saturated heterocycles. The van der Waals surface area contributed by atoms with Crippen LogP contribution in [0, 0.1) is 70.0 Å². The molecule has 0 amide bonds. The smallest absolute Gasteiger partial charge is 0.311 e. The Hall–Kier alpha value is -1.71. The van der Waals surface area contributed by atoms with Crippen LogP contribution in [0.3, 0.4) is 0 Å². The van der Waals surface area contributed by atoms with Crippen molar-refractivity contribution in [3.05, 3.63) is 0 Å². The highest BCUT2D eigenvalue weighted by molar-refractivity contribution is 5.80. The molecular formula is C44H84O9. The van der Waals surface area contributed by atoms with Gasteiger partial charge in [-0.15, -0.1) is 0 Å². The minimum Gasteiger partial charge on any atom is -0.481 e. The summed E-state index contributed by atoms with van der Waals surface area (Å²) < 4.78 is 16.6. The molecule has 0 aliphatic heterocycles. The van der Waals surface area contributed by atoms with Crippen LogP contribution in [0.15, 0.2) is 0 Å². The molecule has 7 aliphatic carbocycles. The molecule has 7 saturated carbocycles. The van der Waals surface area contributed by atoms with Gasteiger partial charge in [0.05, 0.1) is 29.6 Å². The average Bonchev–Trinajstić information content (AvgIpc) is 3.89. The third-order valence-electron chi connectivity index (χ3n) is 13.6. The van der Waals surface area contributed by atoms with Gasteiger partial charge in [0.15, 0.2) is 0 Å². The number of aliphatic carboxylic acids is 1. The van der Waals surface area contributed by atoms with Crippen LogP contribution in [0.4, 0.5) is 0 Å². The van der Waals surface area contributed by atoms with Crippen molar-refractivity contribution in [1.29, 1.82) is 0 Å². The molecule has 9 heteroatoms. The molecule has 0 aromatic heterocycles. The number of fused-ring (bicyclic) bond motifs is 14. The van der Waals surface area contributed by atoms with Gasteiger partial charge in [-0.3, -0.25) is 14.4 Å². The summed E-state index contributed by atoms with van der Waals surface area (Å²) in [5.74, 6) is 6.37. The molecule has 14 atom stereocenters. The summed E-state index contributed by atoms with van der Waals surface area (Å²) in [7, 11) is 1.58. The van der Waals surface area contributed by atoms with Crippen LogP contribution in [-0.4, -0.2) is 71.9 Å². The maximum Gasteiger partial charge on any atom is 0.311 e. The van der Waals surface area contributed by atoms with E-state index in [0.29, 0.717) is 37.2 Å². The number of carbonyl (C=O) groups excluding carboxylic acids is 2. The Balaban J connectivity index is 0.000000976. The second-order valence-electron chi connectivity index (χ2n) is 17.5. The van der Waals surface area contributed by atoms with Gasteiger partial charge in [0, 0.05) is 14.0 Å². The van der Waals surface area contributed by atoms with Crippen molar-refractivity contribution in [2.75, 3.05) is 20.3 Å². The lowest BCUT2D eigenvalue weighted by Crippen LogP contribution is -2.42. The van der Waals surface area contributed by atoms with E-state index in [2.05, 4.69) is 13.8 Å². The quantitative estimate of drug-likeness (QED) is 0.119. The van der Waals surface area contributed by atoms with E-state index < -0.39 is 29.0 Å². The number of aliphatic hydroxyl groups excluding tert-OH is 2. The van der Waals surface area contributed by atoms with Crippen LogP contribution in [-0.2, 0) is 28.6 Å². The fourth-order valence-electron chi connectivity index (χ4n) is 11.7. The normalized spacial score (nSPS) is 36.7. The molecule has 3 N–H and O–H groups in total. The summed E-state index contributed by atoms with van der Waals surface area (Å²) in [4.78, 5) is 34.9. The highest BCUT2D eigenvalue weighted by atomic mass is 16.6. The Morgan fingerprint density at radius 3 is 1.72 bits per heavy atom. The molecular weight excluding hydrogens is 672 g/mol. The minimum absolute atomic E-state index is 0. The first-order chi connectivity index (χ1) is 23.1. The Kier molecular flexibility index (Phi) is 20.9. The molecule has 53 heavy (non-hydrogen) atoms. The molecule has 0 heterocycles. The number of aliphatic hydroxyl groups is 2. The first-order valence-corrected chi connectivity index (χ1v) is 19.5. The molecule has 0 radical (unpaired) electrons. The molecule has 7 fully saturated rings. The molecule has 14 unspecified atom stereocenters. The summed E-state index contributed by atoms with van der Waals surface area (Å²) in [6.07, 6.45) is 13.0. The summed E-state index contributed by atoms with van der Waals surface area (Å²) in [6.45, 7) is 13.7. The maximum atomic E-state index is 13.2. The average molecular weight is 757 g/mol. The lowest BCUT2D eigenvalue weighted by molar-refractivity contribution is -0.170. The standard InChI is InChI=1S/C25H40O5.C10H16O2.C3H8.C2H4O2.4CH4/c1-6-25(4,23(27)29-10-9-28-5)14-24(2,3)22(26)30-19-13-17-12-18(19)21-16-8-7-15(11-16)20(17)21;11-8-4-7-5-1-2-6(3-5)9(7)10(8)12;1-3-2;1-2(3)4;;;;/h15-21H,6-14H2,1-5H3;5-12H,1-4H2;3H2,1-2H3;1H3,(H,3,4);4*1H4. The zero-order valence-corrected chi connectivity index (χ0v) is 31.7. The van der Waals surface area contributed by atoms with E-state index >= 15 is 0 Å². The molecule has 9 nitrogen and oxygen atoms in total. The fourth-order valence-corrected chi connectivity index (χ4v) is 11.7. The molecule has 0 aromatic carbocycles. The topological polar surface area (TPSA) is 140 Å². The van der Waals surface area contributed by atoms with E-state index in [9.17, 15) is 19.8 Å². The van der Waals surface area contributed by atoms with Crippen LogP contribution in [0.25, 0.3) is 0 Å². The van der Waals surface area contributed by atoms with Crippen LogP contribution < -0.4 is 0 Å². The number of carboxylic acid groups (broad SMARTS) is 1. The second kappa shape index (κ2) is 21.6. The van der Waals surface area contributed by atoms with Crippen molar-refractivity contribution in [3.8, 4) is 0 Å². The zero-order chi connectivity index (χ0) is 36.3. The Morgan fingerprint density at radius 1 is 0.679 bits per heavy atom. The number of hydrogen-bond donors (Lipinski definition) is 3. The number of methoxy groups -OCH3 is 1. The van der Waals surface area contributed by atoms with Crippen LogP contribution in [0.2, 0.25) is 0 Å². The molecule has 0 spiro atoms. The predicted molar refractivity (Wildman–Crippen MR) is 214 cm³/mol. The molecule has 0 aromatic rings. The molecule has 7 aliphatic rings. The number of esters is 2. The summed E-state index contributed by atoms with van der Waals surface area (Å²) in [5, 5.41) is 26.7. The molecule has 6 bridgehead atoms. The first kappa shape index (κ1) is 51.3. The van der Waals surface area contributed by atoms with Gasteiger partial charge < -0.3 is 29.5 Å². The van der Waals surface area contributed by atoms with E-state index in [0.717, 1.165) is 61.2 Å². The Bertz CT molecular complexity index is 1120. The SMILES string of the molecule is C.C.C.C.CC(=O)O.CCC.CCC(C)(CC(C)(C)C(=O)OC1CC2CC1C1C3CCC(C3)C21)C(=O)OCCOC.OC1CC2C3CCC(C3)C2C1O. The van der Waals surface area contributed by atoms with Gasteiger partial charge in [-0.1, -0.05) is 56.9 Å². The van der Waals surface area contributed by atoms with E-state index in [1.165, 1.54) is 51.4 Å². The first-order valence-electron chi connectivity index (χ1n) is 19.5. The van der Waals surface area contributed by atoms with Crippen molar-refractivity contribution in [2.24, 2.45) is 70.0 Å². The maximum absolute atomic E-state index is 13.2. The third-order valence-corrected chi connectivity index (χ3v) is 13.6. The van der Waals surface area contributed by atoms with Gasteiger partial charge in [0.1, 0.15) is 12.7 Å². The third kappa shape index (κ3) is 11.2. The van der Waals surface area contributed by atoms with Crippen molar-refractivity contribution in [3.63, 3.8) is 0 Å². The number of carbonyl (C=O) groups is 3. The molecule has 314 valence electrons. The van der Waals surface area contributed by atoms with Crippen LogP contribution in [0.5, 0.6) is 0 Å². The van der Waals surface area contributed by atoms with Crippen molar-refractivity contribution >= 4 is 17.9 Å². The van der Waals surface area contributed by atoms with Crippen molar-refractivity contribution in [1.82, 2.24) is 0 Å². The highest BCUT2D eigenvalue weighted by Crippen LogP contribution is 2.68. The predicted octanol–water partition coefficient (Wildman–Crippen LogP) is 9.45. The van der Waals surface area contributed by atoms with Crippen LogP contribution in [0.1, 0.15) is 155 Å².